The molecule has 3 aromatic rings. The summed E-state index contributed by atoms with van der Waals surface area (Å²) in [7, 11) is 0. The van der Waals surface area contributed by atoms with Gasteiger partial charge in [0, 0.05) is 41.5 Å². The number of H-pyrrole nitrogens is 1. The number of rotatable bonds is 4. The molecule has 2 aliphatic rings. The summed E-state index contributed by atoms with van der Waals surface area (Å²) in [5.41, 5.74) is 1.47. The van der Waals surface area contributed by atoms with Crippen LogP contribution in [0.15, 0.2) is 48.5 Å². The number of halogens is 1. The van der Waals surface area contributed by atoms with Crippen LogP contribution < -0.4 is 5.32 Å². The van der Waals surface area contributed by atoms with Crippen molar-refractivity contribution in [3.8, 4) is 0 Å². The Labute approximate surface area is 190 Å². The number of nitrogens with zero attached hydrogens (tertiary/aromatic N) is 1. The second-order valence-corrected chi connectivity index (χ2v) is 9.25. The lowest BCUT2D eigenvalue weighted by molar-refractivity contribution is -0.147. The molecular formula is C24H24ClN3O4. The van der Waals surface area contributed by atoms with E-state index in [9.17, 15) is 19.8 Å². The second kappa shape index (κ2) is 7.92. The summed E-state index contributed by atoms with van der Waals surface area (Å²) in [6, 6.07) is 14.3. The molecule has 0 unspecified atom stereocenters. The van der Waals surface area contributed by atoms with Crippen molar-refractivity contribution in [2.24, 2.45) is 0 Å². The summed E-state index contributed by atoms with van der Waals surface area (Å²) in [6.07, 6.45) is 0.204. The molecule has 0 saturated carbocycles. The van der Waals surface area contributed by atoms with Gasteiger partial charge in [-0.05, 0) is 41.8 Å². The van der Waals surface area contributed by atoms with Crippen LogP contribution in [0.25, 0.3) is 10.9 Å². The lowest BCUT2D eigenvalue weighted by Gasteiger charge is -2.42. The number of nitrogens with one attached hydrogen (secondary N) is 2. The highest BCUT2D eigenvalue weighted by Gasteiger charge is 2.43. The van der Waals surface area contributed by atoms with E-state index in [2.05, 4.69) is 10.3 Å². The van der Waals surface area contributed by atoms with Gasteiger partial charge in [0.2, 0.25) is 5.91 Å². The van der Waals surface area contributed by atoms with Gasteiger partial charge in [-0.3, -0.25) is 9.59 Å². The third-order valence-corrected chi connectivity index (χ3v) is 6.63. The van der Waals surface area contributed by atoms with Gasteiger partial charge in [-0.2, -0.15) is 0 Å². The molecule has 7 nitrogen and oxygen atoms in total. The molecule has 166 valence electrons. The molecule has 1 aliphatic carbocycles. The number of β-amino-alcohol motifs (C(OH)–C–C–N with tert-alkyl or cyclic N) is 1. The molecule has 0 bridgehead atoms. The number of carbonyl (C=O) groups excluding carboxylic acids is 2. The lowest BCUT2D eigenvalue weighted by Crippen LogP contribution is -2.55. The van der Waals surface area contributed by atoms with Crippen LogP contribution in [0.3, 0.4) is 0 Å². The number of aromatic amines is 1. The number of benzene rings is 2. The maximum absolute atomic E-state index is 13.0. The Kier molecular flexibility index (Phi) is 5.20. The van der Waals surface area contributed by atoms with Gasteiger partial charge in [0.1, 0.15) is 11.3 Å². The molecule has 2 amide bonds. The molecule has 2 heterocycles. The molecule has 5 rings (SSSR count). The van der Waals surface area contributed by atoms with E-state index in [0.29, 0.717) is 30.2 Å². The van der Waals surface area contributed by atoms with E-state index in [1.54, 1.807) is 23.1 Å². The van der Waals surface area contributed by atoms with Crippen molar-refractivity contribution >= 4 is 34.3 Å². The van der Waals surface area contributed by atoms with E-state index >= 15 is 0 Å². The Hall–Kier alpha value is -2.87. The fraction of sp³-hybridized carbons (Fsp3) is 0.333. The zero-order chi connectivity index (χ0) is 22.5. The standard InChI is InChI=1S/C24H24ClN3O4/c25-16-5-6-20-15(7-16)9-21(27-20)23(31)26-17-8-14-3-1-2-4-19(14)24(32,10-17)11-22(30)28-12-18(29)13-28/h1-7,9,17-18,27,29,32H,8,10-13H2,(H,26,31)/t17-,24+/m1/s1. The molecule has 8 heteroatoms. The van der Waals surface area contributed by atoms with Gasteiger partial charge >= 0.3 is 0 Å². The van der Waals surface area contributed by atoms with Gasteiger partial charge < -0.3 is 25.4 Å². The molecule has 2 aromatic carbocycles. The summed E-state index contributed by atoms with van der Waals surface area (Å²) >= 11 is 6.04. The van der Waals surface area contributed by atoms with Gasteiger partial charge in [0.05, 0.1) is 12.5 Å². The molecule has 1 fully saturated rings. The Bertz CT molecular complexity index is 1200. The number of hydrogen-bond donors (Lipinski definition) is 4. The smallest absolute Gasteiger partial charge is 0.267 e. The van der Waals surface area contributed by atoms with Crippen molar-refractivity contribution in [3.05, 3.63) is 70.4 Å². The van der Waals surface area contributed by atoms with Gasteiger partial charge in [0.15, 0.2) is 0 Å². The molecule has 1 aromatic heterocycles. The first-order valence-electron chi connectivity index (χ1n) is 10.7. The van der Waals surface area contributed by atoms with Crippen LogP contribution in [-0.2, 0) is 16.8 Å². The number of aliphatic hydroxyl groups is 2. The Morgan fingerprint density at radius 2 is 1.97 bits per heavy atom. The summed E-state index contributed by atoms with van der Waals surface area (Å²) < 4.78 is 0. The predicted octanol–water partition coefficient (Wildman–Crippen LogP) is 2.35. The van der Waals surface area contributed by atoms with Crippen molar-refractivity contribution in [3.63, 3.8) is 0 Å². The topological polar surface area (TPSA) is 106 Å². The zero-order valence-corrected chi connectivity index (χ0v) is 18.1. The fourth-order valence-corrected chi connectivity index (χ4v) is 4.97. The summed E-state index contributed by atoms with van der Waals surface area (Å²) in [4.78, 5) is 30.3. The average Bonchev–Trinajstić information content (AvgIpc) is 3.14. The number of aromatic nitrogens is 1. The normalized spacial score (nSPS) is 23.0. The number of amides is 2. The van der Waals surface area contributed by atoms with Crippen LogP contribution in [0, 0.1) is 0 Å². The van der Waals surface area contributed by atoms with Crippen molar-refractivity contribution in [2.75, 3.05) is 13.1 Å². The molecule has 32 heavy (non-hydrogen) atoms. The maximum atomic E-state index is 13.0. The number of hydrogen-bond acceptors (Lipinski definition) is 4. The molecule has 1 saturated heterocycles. The van der Waals surface area contributed by atoms with E-state index in [1.165, 1.54) is 0 Å². The minimum atomic E-state index is -1.39. The quantitative estimate of drug-likeness (QED) is 0.486. The van der Waals surface area contributed by atoms with Gasteiger partial charge in [0.25, 0.3) is 5.91 Å². The Balaban J connectivity index is 1.36. The van der Waals surface area contributed by atoms with E-state index in [0.717, 1.165) is 22.0 Å². The highest BCUT2D eigenvalue weighted by Crippen LogP contribution is 2.39. The van der Waals surface area contributed by atoms with Crippen LogP contribution in [0.5, 0.6) is 0 Å². The Morgan fingerprint density at radius 1 is 1.19 bits per heavy atom. The number of fused-ring (bicyclic) bond motifs is 2. The highest BCUT2D eigenvalue weighted by molar-refractivity contribution is 6.31. The zero-order valence-electron chi connectivity index (χ0n) is 17.3. The van der Waals surface area contributed by atoms with Crippen LogP contribution in [0.4, 0.5) is 0 Å². The highest BCUT2D eigenvalue weighted by atomic mass is 35.5. The second-order valence-electron chi connectivity index (χ2n) is 8.81. The SMILES string of the molecule is O=C(N[C@@H]1Cc2ccccc2[C@@](O)(CC(=O)N2CC(O)C2)C1)c1cc2cc(Cl)ccc2[nH]1. The first-order valence-corrected chi connectivity index (χ1v) is 11.0. The third kappa shape index (κ3) is 3.88. The first-order chi connectivity index (χ1) is 15.3. The average molecular weight is 454 g/mol. The number of likely N-dealkylation sites (tertiary alicyclic amines) is 1. The van der Waals surface area contributed by atoms with Crippen LogP contribution >= 0.6 is 11.6 Å². The molecule has 0 radical (unpaired) electrons. The van der Waals surface area contributed by atoms with E-state index < -0.39 is 11.7 Å². The minimum Gasteiger partial charge on any atom is -0.389 e. The molecule has 2 atom stereocenters. The summed E-state index contributed by atoms with van der Waals surface area (Å²) in [5, 5.41) is 25.5. The fourth-order valence-electron chi connectivity index (χ4n) is 4.79. The summed E-state index contributed by atoms with van der Waals surface area (Å²) in [5.74, 6) is -0.478. The van der Waals surface area contributed by atoms with Gasteiger partial charge in [-0.1, -0.05) is 35.9 Å². The predicted molar refractivity (Wildman–Crippen MR) is 120 cm³/mol. The van der Waals surface area contributed by atoms with Crippen molar-refractivity contribution in [2.45, 2.75) is 37.0 Å². The van der Waals surface area contributed by atoms with Gasteiger partial charge in [-0.15, -0.1) is 0 Å². The van der Waals surface area contributed by atoms with Crippen LogP contribution in [-0.4, -0.2) is 57.1 Å². The van der Waals surface area contributed by atoms with Crippen LogP contribution in [0.1, 0.15) is 34.5 Å². The van der Waals surface area contributed by atoms with Crippen LogP contribution in [0.2, 0.25) is 5.02 Å². The van der Waals surface area contributed by atoms with Crippen molar-refractivity contribution in [1.82, 2.24) is 15.2 Å². The maximum Gasteiger partial charge on any atom is 0.267 e. The minimum absolute atomic E-state index is 0.0893. The van der Waals surface area contributed by atoms with Gasteiger partial charge in [-0.25, -0.2) is 0 Å². The largest absolute Gasteiger partial charge is 0.389 e. The molecular weight excluding hydrogens is 430 g/mol. The van der Waals surface area contributed by atoms with E-state index in [-0.39, 0.29) is 30.7 Å². The first kappa shape index (κ1) is 21.0. The number of carbonyl (C=O) groups is 2. The Morgan fingerprint density at radius 3 is 2.75 bits per heavy atom. The van der Waals surface area contributed by atoms with E-state index in [1.807, 2.05) is 30.3 Å². The number of aliphatic hydroxyl groups excluding tert-OH is 1. The lowest BCUT2D eigenvalue weighted by atomic mass is 9.74. The molecule has 0 spiro atoms. The van der Waals surface area contributed by atoms with Crippen molar-refractivity contribution in [1.29, 1.82) is 0 Å². The molecule has 1 aliphatic heterocycles. The van der Waals surface area contributed by atoms with Crippen molar-refractivity contribution < 1.29 is 19.8 Å². The third-order valence-electron chi connectivity index (χ3n) is 6.39. The summed E-state index contributed by atoms with van der Waals surface area (Å²) in [6.45, 7) is 0.586. The monoisotopic (exact) mass is 453 g/mol. The van der Waals surface area contributed by atoms with E-state index in [4.69, 9.17) is 11.6 Å². The molecule has 4 N–H and O–H groups in total.